The number of carbonyl (C=O) groups is 1. The molecule has 1 fully saturated rings. The summed E-state index contributed by atoms with van der Waals surface area (Å²) in [5, 5.41) is 5.88. The van der Waals surface area contributed by atoms with E-state index in [-0.39, 0.29) is 10.9 Å². The van der Waals surface area contributed by atoms with Crippen molar-refractivity contribution in [3.05, 3.63) is 28.5 Å². The molecular formula is C12H15ClFN3O. The zero-order valence-corrected chi connectivity index (χ0v) is 10.9. The van der Waals surface area contributed by atoms with E-state index in [0.29, 0.717) is 11.3 Å². The van der Waals surface area contributed by atoms with E-state index in [2.05, 4.69) is 10.6 Å². The summed E-state index contributed by atoms with van der Waals surface area (Å²) in [6.45, 7) is 3.07. The van der Waals surface area contributed by atoms with E-state index in [1.54, 1.807) is 0 Å². The van der Waals surface area contributed by atoms with Crippen LogP contribution < -0.4 is 15.5 Å². The van der Waals surface area contributed by atoms with Crippen molar-refractivity contribution >= 4 is 23.2 Å². The first-order valence-electron chi connectivity index (χ1n) is 5.80. The second kappa shape index (κ2) is 5.54. The number of anilines is 1. The molecule has 0 bridgehead atoms. The lowest BCUT2D eigenvalue weighted by Crippen LogP contribution is -2.44. The molecule has 1 heterocycles. The number of halogens is 2. The molecule has 1 amide bonds. The molecule has 2 rings (SSSR count). The SMILES string of the molecule is CNC(=O)c1c(Cl)cc(F)cc1N1CCNCC1. The maximum Gasteiger partial charge on any atom is 0.254 e. The van der Waals surface area contributed by atoms with Crippen molar-refractivity contribution in [3.63, 3.8) is 0 Å². The molecule has 0 radical (unpaired) electrons. The largest absolute Gasteiger partial charge is 0.368 e. The quantitative estimate of drug-likeness (QED) is 0.851. The van der Waals surface area contributed by atoms with Crippen LogP contribution in [0, 0.1) is 5.82 Å². The Morgan fingerprint density at radius 1 is 1.44 bits per heavy atom. The van der Waals surface area contributed by atoms with Gasteiger partial charge in [0.15, 0.2) is 0 Å². The lowest BCUT2D eigenvalue weighted by atomic mass is 10.1. The van der Waals surface area contributed by atoms with Gasteiger partial charge in [0, 0.05) is 33.2 Å². The number of nitrogens with one attached hydrogen (secondary N) is 2. The van der Waals surface area contributed by atoms with Crippen LogP contribution in [0.15, 0.2) is 12.1 Å². The van der Waals surface area contributed by atoms with Crippen LogP contribution in [0.5, 0.6) is 0 Å². The highest BCUT2D eigenvalue weighted by molar-refractivity contribution is 6.34. The third-order valence-corrected chi connectivity index (χ3v) is 3.24. The second-order valence-corrected chi connectivity index (χ2v) is 4.51. The number of hydrogen-bond donors (Lipinski definition) is 2. The Morgan fingerprint density at radius 2 is 2.11 bits per heavy atom. The molecule has 4 nitrogen and oxygen atoms in total. The van der Waals surface area contributed by atoms with E-state index in [4.69, 9.17) is 11.6 Å². The molecule has 1 aromatic carbocycles. The van der Waals surface area contributed by atoms with Gasteiger partial charge in [-0.25, -0.2) is 4.39 Å². The molecule has 1 aliphatic rings. The van der Waals surface area contributed by atoms with Gasteiger partial charge in [-0.15, -0.1) is 0 Å². The fourth-order valence-corrected chi connectivity index (χ4v) is 2.35. The van der Waals surface area contributed by atoms with Gasteiger partial charge >= 0.3 is 0 Å². The van der Waals surface area contributed by atoms with Crippen LogP contribution in [-0.2, 0) is 0 Å². The molecule has 18 heavy (non-hydrogen) atoms. The molecule has 0 saturated carbocycles. The van der Waals surface area contributed by atoms with Crippen molar-refractivity contribution < 1.29 is 9.18 Å². The Labute approximate surface area is 110 Å². The molecular weight excluding hydrogens is 257 g/mol. The number of piperazine rings is 1. The highest BCUT2D eigenvalue weighted by Gasteiger charge is 2.21. The van der Waals surface area contributed by atoms with Crippen molar-refractivity contribution in [2.75, 3.05) is 38.1 Å². The number of carbonyl (C=O) groups excluding carboxylic acids is 1. The highest BCUT2D eigenvalue weighted by Crippen LogP contribution is 2.29. The molecule has 1 aliphatic heterocycles. The fourth-order valence-electron chi connectivity index (χ4n) is 2.06. The summed E-state index contributed by atoms with van der Waals surface area (Å²) in [5.74, 6) is -0.727. The Hall–Kier alpha value is -1.33. The number of rotatable bonds is 2. The third-order valence-electron chi connectivity index (χ3n) is 2.95. The predicted octanol–water partition coefficient (Wildman–Crippen LogP) is 1.25. The van der Waals surface area contributed by atoms with E-state index in [1.165, 1.54) is 13.1 Å². The number of benzene rings is 1. The summed E-state index contributed by atoms with van der Waals surface area (Å²) in [4.78, 5) is 13.8. The van der Waals surface area contributed by atoms with Gasteiger partial charge in [0.1, 0.15) is 5.82 Å². The maximum absolute atomic E-state index is 13.5. The van der Waals surface area contributed by atoms with E-state index in [0.717, 1.165) is 32.2 Å². The first-order valence-corrected chi connectivity index (χ1v) is 6.18. The summed E-state index contributed by atoms with van der Waals surface area (Å²) in [6, 6.07) is 2.53. The molecule has 1 saturated heterocycles. The number of amides is 1. The maximum atomic E-state index is 13.5. The van der Waals surface area contributed by atoms with Crippen molar-refractivity contribution in [3.8, 4) is 0 Å². The zero-order chi connectivity index (χ0) is 13.1. The molecule has 0 atom stereocenters. The van der Waals surface area contributed by atoms with E-state index in [9.17, 15) is 9.18 Å². The van der Waals surface area contributed by atoms with E-state index >= 15 is 0 Å². The van der Waals surface area contributed by atoms with Crippen LogP contribution >= 0.6 is 11.6 Å². The Kier molecular flexibility index (Phi) is 4.04. The van der Waals surface area contributed by atoms with Gasteiger partial charge in [0.2, 0.25) is 0 Å². The lowest BCUT2D eigenvalue weighted by molar-refractivity contribution is 0.0963. The van der Waals surface area contributed by atoms with Crippen molar-refractivity contribution in [1.82, 2.24) is 10.6 Å². The summed E-state index contributed by atoms with van der Waals surface area (Å²) in [7, 11) is 1.53. The molecule has 0 aliphatic carbocycles. The van der Waals surface area contributed by atoms with Gasteiger partial charge in [-0.05, 0) is 12.1 Å². The topological polar surface area (TPSA) is 44.4 Å². The van der Waals surface area contributed by atoms with Gasteiger partial charge in [0.25, 0.3) is 5.91 Å². The van der Waals surface area contributed by atoms with Gasteiger partial charge in [0.05, 0.1) is 16.3 Å². The normalized spacial score (nSPS) is 15.6. The minimum atomic E-state index is -0.429. The lowest BCUT2D eigenvalue weighted by Gasteiger charge is -2.31. The van der Waals surface area contributed by atoms with Crippen LogP contribution in [0.4, 0.5) is 10.1 Å². The Bertz CT molecular complexity index is 461. The molecule has 6 heteroatoms. The first-order chi connectivity index (χ1) is 8.63. The Balaban J connectivity index is 2.45. The van der Waals surface area contributed by atoms with Crippen LogP contribution in [-0.4, -0.2) is 39.1 Å². The minimum Gasteiger partial charge on any atom is -0.368 e. The first kappa shape index (κ1) is 13.1. The smallest absolute Gasteiger partial charge is 0.254 e. The molecule has 0 unspecified atom stereocenters. The van der Waals surface area contributed by atoms with Crippen molar-refractivity contribution in [2.45, 2.75) is 0 Å². The van der Waals surface area contributed by atoms with Crippen LogP contribution in [0.3, 0.4) is 0 Å². The molecule has 0 aromatic heterocycles. The van der Waals surface area contributed by atoms with E-state index in [1.807, 2.05) is 4.90 Å². The number of nitrogens with zero attached hydrogens (tertiary/aromatic N) is 1. The summed E-state index contributed by atoms with van der Waals surface area (Å²) >= 11 is 5.98. The zero-order valence-electron chi connectivity index (χ0n) is 10.1. The summed E-state index contributed by atoms with van der Waals surface area (Å²) in [5.41, 5.74) is 0.892. The standard InChI is InChI=1S/C12H15ClFN3O/c1-15-12(18)11-9(13)6-8(14)7-10(11)17-4-2-16-3-5-17/h6-7,16H,2-5H2,1H3,(H,15,18). The highest BCUT2D eigenvalue weighted by atomic mass is 35.5. The van der Waals surface area contributed by atoms with Gasteiger partial charge in [-0.3, -0.25) is 4.79 Å². The van der Waals surface area contributed by atoms with Gasteiger partial charge in [-0.1, -0.05) is 11.6 Å². The Morgan fingerprint density at radius 3 is 2.72 bits per heavy atom. The average Bonchev–Trinajstić information content (AvgIpc) is 2.38. The van der Waals surface area contributed by atoms with Crippen molar-refractivity contribution in [1.29, 1.82) is 0 Å². The molecule has 0 spiro atoms. The molecule has 1 aromatic rings. The number of hydrogen-bond acceptors (Lipinski definition) is 3. The fraction of sp³-hybridized carbons (Fsp3) is 0.417. The predicted molar refractivity (Wildman–Crippen MR) is 69.9 cm³/mol. The third kappa shape index (κ3) is 2.57. The van der Waals surface area contributed by atoms with Crippen LogP contribution in [0.2, 0.25) is 5.02 Å². The van der Waals surface area contributed by atoms with Gasteiger partial charge < -0.3 is 15.5 Å². The monoisotopic (exact) mass is 271 g/mol. The van der Waals surface area contributed by atoms with Crippen molar-refractivity contribution in [2.24, 2.45) is 0 Å². The minimum absolute atomic E-state index is 0.142. The summed E-state index contributed by atoms with van der Waals surface area (Å²) in [6.07, 6.45) is 0. The van der Waals surface area contributed by atoms with Gasteiger partial charge in [-0.2, -0.15) is 0 Å². The van der Waals surface area contributed by atoms with E-state index < -0.39 is 5.82 Å². The molecule has 98 valence electrons. The van der Waals surface area contributed by atoms with Crippen LogP contribution in [0.1, 0.15) is 10.4 Å². The van der Waals surface area contributed by atoms with Crippen LogP contribution in [0.25, 0.3) is 0 Å². The summed E-state index contributed by atoms with van der Waals surface area (Å²) < 4.78 is 13.5. The second-order valence-electron chi connectivity index (χ2n) is 4.10. The molecule has 2 N–H and O–H groups in total. The average molecular weight is 272 g/mol.